The van der Waals surface area contributed by atoms with Gasteiger partial charge in [0.2, 0.25) is 0 Å². The highest BCUT2D eigenvalue weighted by atomic mass is 19.1. The summed E-state index contributed by atoms with van der Waals surface area (Å²) in [7, 11) is 0. The molecule has 1 heterocycles. The number of amides is 1. The number of hydrogen-bond donors (Lipinski definition) is 4. The van der Waals surface area contributed by atoms with Gasteiger partial charge in [0, 0.05) is 11.7 Å². The van der Waals surface area contributed by atoms with Crippen molar-refractivity contribution in [2.24, 2.45) is 5.92 Å². The predicted octanol–water partition coefficient (Wildman–Crippen LogP) is 4.69. The standard InChI is InChI=1S/C22H26FN5O2/c1-12-7-13(2)9-17(8-12)26-20-16(11-24)10-18(23)21(28-20)27-19(15-5-4-6-15)14(3)25-22(29)30/h7-10,14-15,19,25H,4-6H2,1-3H3,(H,29,30)(H2,26,27,28)/t14-,19+/m0/s1. The second-order valence-corrected chi connectivity index (χ2v) is 7.93. The second-order valence-electron chi connectivity index (χ2n) is 7.93. The van der Waals surface area contributed by atoms with Crippen molar-refractivity contribution < 1.29 is 14.3 Å². The van der Waals surface area contributed by atoms with Gasteiger partial charge in [-0.2, -0.15) is 5.26 Å². The first-order chi connectivity index (χ1) is 14.3. The maximum atomic E-state index is 14.7. The molecule has 30 heavy (non-hydrogen) atoms. The number of rotatable bonds is 7. The highest BCUT2D eigenvalue weighted by molar-refractivity contribution is 5.67. The number of halogens is 1. The average molecular weight is 411 g/mol. The molecule has 1 aromatic carbocycles. The van der Waals surface area contributed by atoms with Crippen molar-refractivity contribution in [3.63, 3.8) is 0 Å². The Balaban J connectivity index is 1.91. The Morgan fingerprint density at radius 1 is 1.23 bits per heavy atom. The summed E-state index contributed by atoms with van der Waals surface area (Å²) >= 11 is 0. The molecule has 0 unspecified atom stereocenters. The molecule has 0 aliphatic heterocycles. The first kappa shape index (κ1) is 21.4. The smallest absolute Gasteiger partial charge is 0.404 e. The van der Waals surface area contributed by atoms with E-state index in [2.05, 4.69) is 20.9 Å². The Labute approximate surface area is 175 Å². The zero-order valence-electron chi connectivity index (χ0n) is 17.3. The molecule has 8 heteroatoms. The Kier molecular flexibility index (Phi) is 6.40. The van der Waals surface area contributed by atoms with Gasteiger partial charge in [0.05, 0.1) is 11.6 Å². The fourth-order valence-electron chi connectivity index (χ4n) is 3.85. The molecule has 158 valence electrons. The van der Waals surface area contributed by atoms with Gasteiger partial charge < -0.3 is 21.1 Å². The number of carboxylic acid groups (broad SMARTS) is 1. The number of anilines is 3. The predicted molar refractivity (Wildman–Crippen MR) is 113 cm³/mol. The van der Waals surface area contributed by atoms with Crippen LogP contribution in [0.2, 0.25) is 0 Å². The molecule has 7 nitrogen and oxygen atoms in total. The van der Waals surface area contributed by atoms with E-state index < -0.39 is 18.0 Å². The third-order valence-electron chi connectivity index (χ3n) is 5.43. The van der Waals surface area contributed by atoms with E-state index in [0.717, 1.165) is 42.1 Å². The number of nitrogens with zero attached hydrogens (tertiary/aromatic N) is 2. The lowest BCUT2D eigenvalue weighted by Crippen LogP contribution is -2.50. The maximum absolute atomic E-state index is 14.7. The van der Waals surface area contributed by atoms with E-state index in [1.807, 2.05) is 38.1 Å². The summed E-state index contributed by atoms with van der Waals surface area (Å²) < 4.78 is 14.7. The van der Waals surface area contributed by atoms with Crippen molar-refractivity contribution in [2.45, 2.75) is 52.1 Å². The molecule has 1 aliphatic carbocycles. The van der Waals surface area contributed by atoms with E-state index in [9.17, 15) is 14.4 Å². The number of benzene rings is 1. The monoisotopic (exact) mass is 411 g/mol. The van der Waals surface area contributed by atoms with Crippen LogP contribution in [0.25, 0.3) is 0 Å². The number of pyridine rings is 1. The molecule has 2 atom stereocenters. The fraction of sp³-hybridized carbons (Fsp3) is 0.409. The van der Waals surface area contributed by atoms with E-state index in [4.69, 9.17) is 5.11 Å². The van der Waals surface area contributed by atoms with Crippen molar-refractivity contribution in [3.05, 3.63) is 46.8 Å². The van der Waals surface area contributed by atoms with E-state index in [1.54, 1.807) is 6.92 Å². The van der Waals surface area contributed by atoms with Gasteiger partial charge in [-0.1, -0.05) is 12.5 Å². The molecule has 0 spiro atoms. The van der Waals surface area contributed by atoms with Gasteiger partial charge in [0.25, 0.3) is 0 Å². The molecule has 0 radical (unpaired) electrons. The Morgan fingerprint density at radius 3 is 2.43 bits per heavy atom. The number of aryl methyl sites for hydroxylation is 2. The third kappa shape index (κ3) is 4.98. The number of aromatic nitrogens is 1. The fourth-order valence-corrected chi connectivity index (χ4v) is 3.85. The quantitative estimate of drug-likeness (QED) is 0.526. The minimum absolute atomic E-state index is 0.00295. The van der Waals surface area contributed by atoms with E-state index in [0.29, 0.717) is 0 Å². The number of hydrogen-bond acceptors (Lipinski definition) is 5. The van der Waals surface area contributed by atoms with Crippen molar-refractivity contribution >= 4 is 23.4 Å². The van der Waals surface area contributed by atoms with Crippen molar-refractivity contribution in [1.29, 1.82) is 5.26 Å². The minimum atomic E-state index is -1.13. The zero-order chi connectivity index (χ0) is 21.8. The van der Waals surface area contributed by atoms with Crippen LogP contribution in [0.5, 0.6) is 0 Å². The van der Waals surface area contributed by atoms with Crippen LogP contribution in [-0.4, -0.2) is 28.3 Å². The maximum Gasteiger partial charge on any atom is 0.404 e. The Hall–Kier alpha value is -3.34. The van der Waals surface area contributed by atoms with Crippen molar-refractivity contribution in [1.82, 2.24) is 10.3 Å². The highest BCUT2D eigenvalue weighted by Gasteiger charge is 2.33. The van der Waals surface area contributed by atoms with Crippen LogP contribution in [0, 0.1) is 36.9 Å². The molecule has 1 amide bonds. The number of nitriles is 1. The van der Waals surface area contributed by atoms with Gasteiger partial charge in [-0.3, -0.25) is 0 Å². The zero-order valence-corrected chi connectivity index (χ0v) is 17.3. The largest absolute Gasteiger partial charge is 0.465 e. The second kappa shape index (κ2) is 8.99. The van der Waals surface area contributed by atoms with Crippen LogP contribution >= 0.6 is 0 Å². The molecule has 0 saturated heterocycles. The lowest BCUT2D eigenvalue weighted by molar-refractivity contribution is 0.180. The molecular formula is C22H26FN5O2. The van der Waals surface area contributed by atoms with E-state index in [1.165, 1.54) is 0 Å². The Bertz CT molecular complexity index is 964. The van der Waals surface area contributed by atoms with Crippen LogP contribution in [-0.2, 0) is 0 Å². The summed E-state index contributed by atoms with van der Waals surface area (Å²) in [5.41, 5.74) is 2.95. The molecule has 3 rings (SSSR count). The molecule has 0 bridgehead atoms. The minimum Gasteiger partial charge on any atom is -0.465 e. The SMILES string of the molecule is Cc1cc(C)cc(Nc2nc(N[C@@H](C3CCC3)[C@H](C)NC(=O)O)c(F)cc2C#N)c1. The number of nitrogens with one attached hydrogen (secondary N) is 3. The van der Waals surface area contributed by atoms with Crippen LogP contribution in [0.15, 0.2) is 24.3 Å². The molecule has 1 fully saturated rings. The lowest BCUT2D eigenvalue weighted by atomic mass is 9.77. The van der Waals surface area contributed by atoms with Crippen LogP contribution in [0.4, 0.5) is 26.5 Å². The van der Waals surface area contributed by atoms with Crippen molar-refractivity contribution in [2.75, 3.05) is 10.6 Å². The lowest BCUT2D eigenvalue weighted by Gasteiger charge is -2.38. The van der Waals surface area contributed by atoms with Gasteiger partial charge in [-0.05, 0) is 68.9 Å². The van der Waals surface area contributed by atoms with Gasteiger partial charge in [0.15, 0.2) is 17.5 Å². The number of carbonyl (C=O) groups is 1. The van der Waals surface area contributed by atoms with Gasteiger partial charge in [-0.15, -0.1) is 0 Å². The molecule has 1 saturated carbocycles. The summed E-state index contributed by atoms with van der Waals surface area (Å²) in [5, 5.41) is 27.2. The molecular weight excluding hydrogens is 385 g/mol. The first-order valence-corrected chi connectivity index (χ1v) is 9.98. The topological polar surface area (TPSA) is 110 Å². The molecule has 4 N–H and O–H groups in total. The normalized spacial score (nSPS) is 15.4. The average Bonchev–Trinajstić information content (AvgIpc) is 2.60. The van der Waals surface area contributed by atoms with Gasteiger partial charge >= 0.3 is 6.09 Å². The third-order valence-corrected chi connectivity index (χ3v) is 5.43. The van der Waals surface area contributed by atoms with Crippen LogP contribution in [0.3, 0.4) is 0 Å². The van der Waals surface area contributed by atoms with Gasteiger partial charge in [-0.25, -0.2) is 14.2 Å². The van der Waals surface area contributed by atoms with E-state index >= 15 is 0 Å². The molecule has 1 aromatic heterocycles. The van der Waals surface area contributed by atoms with Crippen molar-refractivity contribution in [3.8, 4) is 6.07 Å². The first-order valence-electron chi connectivity index (χ1n) is 9.98. The molecule has 1 aliphatic rings. The summed E-state index contributed by atoms with van der Waals surface area (Å²) in [6, 6.07) is 8.25. The summed E-state index contributed by atoms with van der Waals surface area (Å²) in [6.07, 6.45) is 1.81. The summed E-state index contributed by atoms with van der Waals surface area (Å²) in [5.74, 6) is -0.182. The molecule has 2 aromatic rings. The van der Waals surface area contributed by atoms with Crippen LogP contribution in [0.1, 0.15) is 42.9 Å². The van der Waals surface area contributed by atoms with E-state index in [-0.39, 0.29) is 29.2 Å². The summed E-state index contributed by atoms with van der Waals surface area (Å²) in [4.78, 5) is 15.4. The highest BCUT2D eigenvalue weighted by Crippen LogP contribution is 2.33. The summed E-state index contributed by atoms with van der Waals surface area (Å²) in [6.45, 7) is 5.68. The van der Waals surface area contributed by atoms with Gasteiger partial charge in [0.1, 0.15) is 6.07 Å². The Morgan fingerprint density at radius 2 is 1.90 bits per heavy atom. The van der Waals surface area contributed by atoms with Crippen LogP contribution < -0.4 is 16.0 Å².